The standard InChI is InChI=1S/C8H7N3O.3BrH/c9-8(12)11-7-4-2-1-3-6(7)5-10-11;;;/h1-5H,(H2,9,12);3*1H. The first-order valence-electron chi connectivity index (χ1n) is 3.51. The number of hydrogen-bond donors (Lipinski definition) is 1. The van der Waals surface area contributed by atoms with E-state index in [1.54, 1.807) is 12.3 Å². The molecule has 0 atom stereocenters. The summed E-state index contributed by atoms with van der Waals surface area (Å²) in [7, 11) is 0. The Hall–Kier alpha value is -0.400. The summed E-state index contributed by atoms with van der Waals surface area (Å²) in [6, 6.07) is 6.84. The predicted octanol–water partition coefficient (Wildman–Crippen LogP) is 2.70. The Kier molecular flexibility index (Phi) is 7.90. The second-order valence-corrected chi connectivity index (χ2v) is 2.45. The van der Waals surface area contributed by atoms with Gasteiger partial charge in [-0.25, -0.2) is 4.79 Å². The fourth-order valence-corrected chi connectivity index (χ4v) is 1.15. The lowest BCUT2D eigenvalue weighted by molar-refractivity contribution is 0.248. The van der Waals surface area contributed by atoms with E-state index in [1.807, 2.05) is 18.2 Å². The maximum Gasteiger partial charge on any atom is 0.340 e. The van der Waals surface area contributed by atoms with Crippen molar-refractivity contribution in [3.05, 3.63) is 30.5 Å². The second-order valence-electron chi connectivity index (χ2n) is 2.45. The van der Waals surface area contributed by atoms with Crippen molar-refractivity contribution in [3.8, 4) is 0 Å². The minimum atomic E-state index is -0.559. The van der Waals surface area contributed by atoms with Gasteiger partial charge in [-0.1, -0.05) is 18.2 Å². The number of halogens is 3. The monoisotopic (exact) mass is 401 g/mol. The Labute approximate surface area is 118 Å². The average Bonchev–Trinajstić information content (AvgIpc) is 2.47. The summed E-state index contributed by atoms with van der Waals surface area (Å²) in [6.07, 6.45) is 1.61. The molecule has 2 aromatic rings. The maximum absolute atomic E-state index is 10.8. The Bertz CT molecular complexity index is 443. The van der Waals surface area contributed by atoms with Crippen LogP contribution in [0.5, 0.6) is 0 Å². The zero-order valence-electron chi connectivity index (χ0n) is 7.49. The van der Waals surface area contributed by atoms with Crippen molar-refractivity contribution >= 4 is 67.9 Å². The van der Waals surface area contributed by atoms with Gasteiger partial charge < -0.3 is 5.73 Å². The highest BCUT2D eigenvalue weighted by molar-refractivity contribution is 8.93. The van der Waals surface area contributed by atoms with Crippen LogP contribution in [0.1, 0.15) is 0 Å². The summed E-state index contributed by atoms with van der Waals surface area (Å²) in [5.41, 5.74) is 5.83. The van der Waals surface area contributed by atoms with Gasteiger partial charge >= 0.3 is 6.03 Å². The topological polar surface area (TPSA) is 60.9 Å². The third-order valence-corrected chi connectivity index (χ3v) is 1.69. The van der Waals surface area contributed by atoms with Crippen LogP contribution in [0.15, 0.2) is 30.5 Å². The zero-order chi connectivity index (χ0) is 8.55. The molecular formula is C8H10Br3N3O. The average molecular weight is 404 g/mol. The molecule has 1 amide bonds. The van der Waals surface area contributed by atoms with Crippen LogP contribution in [-0.2, 0) is 0 Å². The minimum Gasteiger partial charge on any atom is -0.350 e. The Morgan fingerprint density at radius 3 is 2.40 bits per heavy atom. The van der Waals surface area contributed by atoms with E-state index in [2.05, 4.69) is 5.10 Å². The third-order valence-electron chi connectivity index (χ3n) is 1.69. The van der Waals surface area contributed by atoms with Crippen molar-refractivity contribution in [1.29, 1.82) is 0 Å². The Balaban J connectivity index is 0. The molecule has 0 fully saturated rings. The number of nitrogens with two attached hydrogens (primary N) is 1. The van der Waals surface area contributed by atoms with Crippen LogP contribution in [-0.4, -0.2) is 15.8 Å². The lowest BCUT2D eigenvalue weighted by Crippen LogP contribution is -2.20. The van der Waals surface area contributed by atoms with Crippen molar-refractivity contribution in [3.63, 3.8) is 0 Å². The van der Waals surface area contributed by atoms with E-state index in [0.717, 1.165) is 10.9 Å². The highest BCUT2D eigenvalue weighted by atomic mass is 79.9. The van der Waals surface area contributed by atoms with Gasteiger partial charge in [-0.15, -0.1) is 50.9 Å². The van der Waals surface area contributed by atoms with Crippen LogP contribution in [0.25, 0.3) is 10.9 Å². The van der Waals surface area contributed by atoms with Gasteiger partial charge in [0.15, 0.2) is 0 Å². The predicted molar refractivity (Wildman–Crippen MR) is 75.7 cm³/mol. The van der Waals surface area contributed by atoms with Gasteiger partial charge in [0.2, 0.25) is 0 Å². The lowest BCUT2D eigenvalue weighted by Gasteiger charge is -1.94. The smallest absolute Gasteiger partial charge is 0.340 e. The molecule has 1 aromatic heterocycles. The summed E-state index contributed by atoms with van der Waals surface area (Å²) < 4.78 is 1.18. The third kappa shape index (κ3) is 3.29. The van der Waals surface area contributed by atoms with Gasteiger partial charge in [-0.3, -0.25) is 0 Å². The Morgan fingerprint density at radius 2 is 1.80 bits per heavy atom. The summed E-state index contributed by atoms with van der Waals surface area (Å²) in [5, 5.41) is 4.75. The molecule has 7 heteroatoms. The molecule has 0 unspecified atom stereocenters. The molecular weight excluding hydrogens is 394 g/mol. The zero-order valence-corrected chi connectivity index (χ0v) is 12.6. The SMILES string of the molecule is Br.Br.Br.NC(=O)n1ncc2ccccc21. The van der Waals surface area contributed by atoms with Crippen LogP contribution < -0.4 is 5.73 Å². The molecule has 0 aliphatic carbocycles. The lowest BCUT2D eigenvalue weighted by atomic mass is 10.3. The van der Waals surface area contributed by atoms with E-state index in [9.17, 15) is 4.79 Å². The first kappa shape index (κ1) is 17.0. The number of aromatic nitrogens is 2. The molecule has 2 N–H and O–H groups in total. The van der Waals surface area contributed by atoms with E-state index >= 15 is 0 Å². The molecule has 1 heterocycles. The summed E-state index contributed by atoms with van der Waals surface area (Å²) in [4.78, 5) is 10.8. The molecule has 0 bridgehead atoms. The summed E-state index contributed by atoms with van der Waals surface area (Å²) >= 11 is 0. The van der Waals surface area contributed by atoms with Gasteiger partial charge in [0, 0.05) is 5.39 Å². The summed E-state index contributed by atoms with van der Waals surface area (Å²) in [5.74, 6) is 0. The van der Waals surface area contributed by atoms with E-state index in [-0.39, 0.29) is 50.9 Å². The highest BCUT2D eigenvalue weighted by Gasteiger charge is 2.04. The van der Waals surface area contributed by atoms with Crippen molar-refractivity contribution in [2.45, 2.75) is 0 Å². The van der Waals surface area contributed by atoms with Gasteiger partial charge in [-0.05, 0) is 6.07 Å². The molecule has 0 radical (unpaired) electrons. The number of amides is 1. The van der Waals surface area contributed by atoms with Crippen molar-refractivity contribution in [2.75, 3.05) is 0 Å². The fraction of sp³-hybridized carbons (Fsp3) is 0. The number of carbonyl (C=O) groups is 1. The van der Waals surface area contributed by atoms with Crippen LogP contribution >= 0.6 is 50.9 Å². The quantitative estimate of drug-likeness (QED) is 0.735. The number of fused-ring (bicyclic) bond motifs is 1. The first-order valence-corrected chi connectivity index (χ1v) is 3.51. The van der Waals surface area contributed by atoms with Crippen LogP contribution in [0.4, 0.5) is 4.79 Å². The molecule has 0 spiro atoms. The molecule has 0 aliphatic rings. The molecule has 84 valence electrons. The number of rotatable bonds is 0. The van der Waals surface area contributed by atoms with E-state index in [4.69, 9.17) is 5.73 Å². The normalized spacial score (nSPS) is 8.27. The van der Waals surface area contributed by atoms with Crippen molar-refractivity contribution in [1.82, 2.24) is 9.78 Å². The molecule has 0 aliphatic heterocycles. The molecule has 2 rings (SSSR count). The fourth-order valence-electron chi connectivity index (χ4n) is 1.15. The Morgan fingerprint density at radius 1 is 1.20 bits per heavy atom. The van der Waals surface area contributed by atoms with Crippen LogP contribution in [0.3, 0.4) is 0 Å². The van der Waals surface area contributed by atoms with Crippen molar-refractivity contribution < 1.29 is 4.79 Å². The molecule has 4 nitrogen and oxygen atoms in total. The summed E-state index contributed by atoms with van der Waals surface area (Å²) in [6.45, 7) is 0. The van der Waals surface area contributed by atoms with Gasteiger partial charge in [0.25, 0.3) is 0 Å². The van der Waals surface area contributed by atoms with E-state index in [1.165, 1.54) is 4.68 Å². The number of hydrogen-bond acceptors (Lipinski definition) is 2. The number of nitrogens with zero attached hydrogens (tertiary/aromatic N) is 2. The first-order chi connectivity index (χ1) is 5.79. The van der Waals surface area contributed by atoms with E-state index < -0.39 is 6.03 Å². The number of para-hydroxylation sites is 1. The molecule has 1 aromatic carbocycles. The largest absolute Gasteiger partial charge is 0.350 e. The van der Waals surface area contributed by atoms with Gasteiger partial charge in [-0.2, -0.15) is 9.78 Å². The van der Waals surface area contributed by atoms with Gasteiger partial charge in [0.05, 0.1) is 11.7 Å². The number of primary amides is 1. The van der Waals surface area contributed by atoms with Crippen LogP contribution in [0.2, 0.25) is 0 Å². The second kappa shape index (κ2) is 6.97. The highest BCUT2D eigenvalue weighted by Crippen LogP contribution is 2.11. The maximum atomic E-state index is 10.8. The van der Waals surface area contributed by atoms with E-state index in [0.29, 0.717) is 0 Å². The number of benzene rings is 1. The van der Waals surface area contributed by atoms with Gasteiger partial charge in [0.1, 0.15) is 0 Å². The van der Waals surface area contributed by atoms with Crippen molar-refractivity contribution in [2.24, 2.45) is 5.73 Å². The minimum absolute atomic E-state index is 0. The molecule has 15 heavy (non-hydrogen) atoms. The molecule has 0 saturated heterocycles. The number of carbonyl (C=O) groups excluding carboxylic acids is 1. The van der Waals surface area contributed by atoms with Crippen LogP contribution in [0, 0.1) is 0 Å². The molecule has 0 saturated carbocycles.